The van der Waals surface area contributed by atoms with Crippen LogP contribution in [0.15, 0.2) is 30.3 Å². The molecule has 0 aliphatic carbocycles. The van der Waals surface area contributed by atoms with Gasteiger partial charge in [-0.2, -0.15) is 0 Å². The van der Waals surface area contributed by atoms with Gasteiger partial charge in [0, 0.05) is 5.69 Å². The minimum Gasteiger partial charge on any atom is -0.474 e. The Bertz CT molecular complexity index is 844. The maximum atomic E-state index is 13.2. The first-order valence-electron chi connectivity index (χ1n) is 9.04. The normalized spacial score (nSPS) is 16.5. The molecule has 1 aromatic carbocycles. The van der Waals surface area contributed by atoms with Gasteiger partial charge in [0.15, 0.2) is 0 Å². The van der Waals surface area contributed by atoms with E-state index in [0.29, 0.717) is 24.6 Å². The lowest BCUT2D eigenvalue weighted by Crippen LogP contribution is -2.47. The summed E-state index contributed by atoms with van der Waals surface area (Å²) in [5.41, 5.74) is 2.74. The number of fused-ring (bicyclic) bond motifs is 1. The van der Waals surface area contributed by atoms with Gasteiger partial charge < -0.3 is 9.47 Å². The van der Waals surface area contributed by atoms with Crippen LogP contribution in [0.3, 0.4) is 0 Å². The zero-order valence-electron chi connectivity index (χ0n) is 16.4. The number of anilines is 1. The van der Waals surface area contributed by atoms with Crippen LogP contribution in [0.25, 0.3) is 0 Å². The molecule has 2 aromatic rings. The molecular weight excluding hydrogens is 347 g/mol. The van der Waals surface area contributed by atoms with Crippen molar-refractivity contribution in [1.29, 1.82) is 0 Å². The van der Waals surface area contributed by atoms with Crippen molar-refractivity contribution >= 4 is 11.8 Å². The molecule has 0 radical (unpaired) electrons. The predicted octanol–water partition coefficient (Wildman–Crippen LogP) is 4.64. The zero-order valence-corrected chi connectivity index (χ0v) is 16.4. The van der Waals surface area contributed by atoms with Crippen molar-refractivity contribution in [3.8, 4) is 5.88 Å². The molecule has 0 unspecified atom stereocenters. The van der Waals surface area contributed by atoms with Crippen molar-refractivity contribution in [2.24, 2.45) is 0 Å². The van der Waals surface area contributed by atoms with Crippen LogP contribution in [0.2, 0.25) is 0 Å². The molecule has 27 heavy (non-hydrogen) atoms. The lowest BCUT2D eigenvalue weighted by Gasteiger charge is -2.35. The highest BCUT2D eigenvalue weighted by molar-refractivity contribution is 5.90. The maximum Gasteiger partial charge on any atom is 0.415 e. The second kappa shape index (κ2) is 7.18. The first-order valence-corrected chi connectivity index (χ1v) is 9.04. The molecule has 6 heteroatoms. The lowest BCUT2D eigenvalue weighted by molar-refractivity contribution is 0.0546. The van der Waals surface area contributed by atoms with E-state index in [9.17, 15) is 9.18 Å². The number of halogens is 1. The smallest absolute Gasteiger partial charge is 0.415 e. The molecule has 0 saturated carbocycles. The van der Waals surface area contributed by atoms with Gasteiger partial charge in [0.05, 0.1) is 6.04 Å². The minimum atomic E-state index is -0.593. The van der Waals surface area contributed by atoms with E-state index in [0.717, 1.165) is 16.8 Å². The van der Waals surface area contributed by atoms with Crippen LogP contribution < -0.4 is 9.64 Å². The number of aromatic nitrogens is 1. The molecule has 0 N–H and O–H groups in total. The number of pyridine rings is 1. The Morgan fingerprint density at radius 3 is 2.63 bits per heavy atom. The number of aryl methyl sites for hydroxylation is 1. The van der Waals surface area contributed by atoms with Gasteiger partial charge in [-0.05, 0) is 70.4 Å². The highest BCUT2D eigenvalue weighted by Crippen LogP contribution is 2.35. The number of hydrogen-bond acceptors (Lipinski definition) is 4. The quantitative estimate of drug-likeness (QED) is 0.770. The summed E-state index contributed by atoms with van der Waals surface area (Å²) < 4.78 is 24.5. The largest absolute Gasteiger partial charge is 0.474 e. The molecule has 1 aliphatic rings. The Labute approximate surface area is 159 Å². The molecule has 0 saturated heterocycles. The number of rotatable bonds is 2. The highest BCUT2D eigenvalue weighted by atomic mass is 19.1. The van der Waals surface area contributed by atoms with Gasteiger partial charge in [-0.15, -0.1) is 0 Å². The molecular formula is C21H25FN2O3. The van der Waals surface area contributed by atoms with Crippen LogP contribution in [-0.4, -0.2) is 29.3 Å². The van der Waals surface area contributed by atoms with E-state index in [1.807, 2.05) is 40.7 Å². The molecule has 0 spiro atoms. The van der Waals surface area contributed by atoms with Gasteiger partial charge in [0.2, 0.25) is 5.88 Å². The van der Waals surface area contributed by atoms with E-state index in [1.165, 1.54) is 12.1 Å². The summed E-state index contributed by atoms with van der Waals surface area (Å²) in [6, 6.07) is 8.12. The predicted molar refractivity (Wildman–Crippen MR) is 102 cm³/mol. The summed E-state index contributed by atoms with van der Waals surface area (Å²) in [6.07, 6.45) is 0.168. The Morgan fingerprint density at radius 1 is 1.33 bits per heavy atom. The molecule has 0 fully saturated rings. The van der Waals surface area contributed by atoms with Crippen LogP contribution >= 0.6 is 0 Å². The second-order valence-corrected chi connectivity index (χ2v) is 7.87. The van der Waals surface area contributed by atoms with Gasteiger partial charge in [-0.1, -0.05) is 12.1 Å². The Kier molecular flexibility index (Phi) is 5.09. The van der Waals surface area contributed by atoms with E-state index >= 15 is 0 Å². The maximum absolute atomic E-state index is 13.2. The fourth-order valence-electron chi connectivity index (χ4n) is 2.99. The summed E-state index contributed by atoms with van der Waals surface area (Å²) in [6.45, 7) is 9.68. The van der Waals surface area contributed by atoms with Crippen molar-refractivity contribution in [3.05, 3.63) is 53.0 Å². The van der Waals surface area contributed by atoms with Crippen LogP contribution in [0.5, 0.6) is 5.88 Å². The summed E-state index contributed by atoms with van der Waals surface area (Å²) in [5.74, 6) is 0.164. The number of hydrogen-bond donors (Lipinski definition) is 0. The van der Waals surface area contributed by atoms with Gasteiger partial charge in [0.25, 0.3) is 0 Å². The zero-order chi connectivity index (χ0) is 19.8. The van der Waals surface area contributed by atoms with E-state index in [4.69, 9.17) is 9.47 Å². The second-order valence-electron chi connectivity index (χ2n) is 7.87. The molecule has 0 bridgehead atoms. The number of nitrogens with zero attached hydrogens (tertiary/aromatic N) is 2. The van der Waals surface area contributed by atoms with Gasteiger partial charge in [-0.25, -0.2) is 14.2 Å². The minimum absolute atomic E-state index is 0.171. The Hall–Kier alpha value is -2.63. The van der Waals surface area contributed by atoms with E-state index in [2.05, 4.69) is 4.98 Å². The first kappa shape index (κ1) is 19.1. The molecule has 5 nitrogen and oxygen atoms in total. The molecule has 144 valence electrons. The molecule has 3 rings (SSSR count). The third-order valence-electron chi connectivity index (χ3n) is 4.32. The Morgan fingerprint density at radius 2 is 2.00 bits per heavy atom. The fourth-order valence-corrected chi connectivity index (χ4v) is 2.99. The molecule has 1 aliphatic heterocycles. The average molecular weight is 372 g/mol. The van der Waals surface area contributed by atoms with Crippen molar-refractivity contribution < 1.29 is 18.7 Å². The third kappa shape index (κ3) is 4.38. The van der Waals surface area contributed by atoms with E-state index < -0.39 is 11.7 Å². The van der Waals surface area contributed by atoms with Crippen LogP contribution in [0, 0.1) is 12.7 Å². The number of ether oxygens (including phenoxy) is 2. The number of carbonyl (C=O) groups excluding carboxylic acids is 1. The summed E-state index contributed by atoms with van der Waals surface area (Å²) in [4.78, 5) is 18.9. The SMILES string of the molecule is Cc1nc2c(cc1Cc1ccc(F)cc1)N(C(=O)OC(C)(C)C)[C@@H](C)CO2. The van der Waals surface area contributed by atoms with E-state index in [-0.39, 0.29) is 11.9 Å². The summed E-state index contributed by atoms with van der Waals surface area (Å²) in [5, 5.41) is 0. The summed E-state index contributed by atoms with van der Waals surface area (Å²) >= 11 is 0. The van der Waals surface area contributed by atoms with Crippen LogP contribution in [0.1, 0.15) is 44.5 Å². The molecule has 1 atom stereocenters. The topological polar surface area (TPSA) is 51.7 Å². The van der Waals surface area contributed by atoms with Gasteiger partial charge in [-0.3, -0.25) is 4.90 Å². The monoisotopic (exact) mass is 372 g/mol. The molecule has 2 heterocycles. The first-order chi connectivity index (χ1) is 12.6. The van der Waals surface area contributed by atoms with Crippen molar-refractivity contribution in [2.45, 2.75) is 52.7 Å². The number of benzene rings is 1. The van der Waals surface area contributed by atoms with Crippen molar-refractivity contribution in [3.63, 3.8) is 0 Å². The highest BCUT2D eigenvalue weighted by Gasteiger charge is 2.34. The lowest BCUT2D eigenvalue weighted by atomic mass is 10.0. The van der Waals surface area contributed by atoms with Crippen molar-refractivity contribution in [2.75, 3.05) is 11.5 Å². The van der Waals surface area contributed by atoms with Crippen LogP contribution in [-0.2, 0) is 11.2 Å². The van der Waals surface area contributed by atoms with E-state index in [1.54, 1.807) is 17.0 Å². The fraction of sp³-hybridized carbons (Fsp3) is 0.429. The standard InChI is InChI=1S/C21H25FN2O3/c1-13-12-26-19-18(24(13)20(25)27-21(3,4)5)11-16(14(2)23-19)10-15-6-8-17(22)9-7-15/h6-9,11,13H,10,12H2,1-5H3/t13-/m0/s1. The van der Waals surface area contributed by atoms with Crippen LogP contribution in [0.4, 0.5) is 14.9 Å². The third-order valence-corrected chi connectivity index (χ3v) is 4.32. The van der Waals surface area contributed by atoms with Gasteiger partial charge >= 0.3 is 6.09 Å². The Balaban J connectivity index is 1.96. The average Bonchev–Trinajstić information content (AvgIpc) is 2.56. The molecule has 1 aromatic heterocycles. The number of carbonyl (C=O) groups is 1. The van der Waals surface area contributed by atoms with Gasteiger partial charge in [0.1, 0.15) is 23.7 Å². The number of amides is 1. The molecule has 1 amide bonds. The summed E-state index contributed by atoms with van der Waals surface area (Å²) in [7, 11) is 0. The van der Waals surface area contributed by atoms with Crippen molar-refractivity contribution in [1.82, 2.24) is 4.98 Å².